The number of hydrazone groups is 1. The minimum Gasteiger partial charge on any atom is -0.493 e. The van der Waals surface area contributed by atoms with Crippen LogP contribution >= 0.6 is 11.8 Å². The van der Waals surface area contributed by atoms with E-state index in [4.69, 9.17) is 19.6 Å². The standard InChI is InChI=1S/C22H22N4O3S/c1-4-12-30-22-24-21(27)19-15-8-6-7-9-16(15)23-20(26(19)25-22)14-10-11-17(29-5-2)18(13-14)28-3/h4,6-11,13,20H,1,5,12H2,2-3H3,(H,24,25,27)/t20-/m0/s1. The molecule has 0 aromatic heterocycles. The van der Waals surface area contributed by atoms with Crippen molar-refractivity contribution in [3.8, 4) is 11.5 Å². The summed E-state index contributed by atoms with van der Waals surface area (Å²) in [5.74, 6) is 1.70. The number of amidine groups is 1. The second kappa shape index (κ2) is 8.62. The lowest BCUT2D eigenvalue weighted by Crippen LogP contribution is -2.50. The van der Waals surface area contributed by atoms with Crippen LogP contribution in [0.4, 0.5) is 0 Å². The fourth-order valence-corrected chi connectivity index (χ4v) is 3.95. The van der Waals surface area contributed by atoms with Crippen LogP contribution in [0.15, 0.2) is 65.2 Å². The van der Waals surface area contributed by atoms with Crippen LogP contribution in [0.1, 0.15) is 18.7 Å². The Hall–Kier alpha value is -3.26. The molecule has 4 rings (SSSR count). The van der Waals surface area contributed by atoms with E-state index in [0.29, 0.717) is 34.7 Å². The lowest BCUT2D eigenvalue weighted by Gasteiger charge is -2.34. The quantitative estimate of drug-likeness (QED) is 0.722. The lowest BCUT2D eigenvalue weighted by atomic mass is 10.1. The highest BCUT2D eigenvalue weighted by Gasteiger charge is 2.34. The van der Waals surface area contributed by atoms with Gasteiger partial charge in [-0.3, -0.25) is 15.1 Å². The molecule has 2 aromatic rings. The van der Waals surface area contributed by atoms with Gasteiger partial charge in [0.05, 0.1) is 19.1 Å². The Morgan fingerprint density at radius 1 is 1.27 bits per heavy atom. The van der Waals surface area contributed by atoms with Crippen molar-refractivity contribution in [2.45, 2.75) is 13.1 Å². The molecule has 0 bridgehead atoms. The number of rotatable bonds is 6. The zero-order valence-electron chi connectivity index (χ0n) is 16.8. The van der Waals surface area contributed by atoms with E-state index < -0.39 is 6.17 Å². The molecule has 0 aliphatic carbocycles. The minimum atomic E-state index is -0.509. The number of para-hydroxylation sites is 1. The Bertz CT molecular complexity index is 1150. The molecular weight excluding hydrogens is 400 g/mol. The van der Waals surface area contributed by atoms with E-state index in [1.54, 1.807) is 18.2 Å². The predicted octanol–water partition coefficient (Wildman–Crippen LogP) is 2.16. The summed E-state index contributed by atoms with van der Waals surface area (Å²) in [6.45, 7) is 6.19. The van der Waals surface area contributed by atoms with Crippen LogP contribution in [-0.4, -0.2) is 35.6 Å². The van der Waals surface area contributed by atoms with Crippen molar-refractivity contribution in [2.24, 2.45) is 10.1 Å². The number of ether oxygens (including phenoxy) is 2. The zero-order chi connectivity index (χ0) is 21.1. The molecule has 0 saturated carbocycles. The van der Waals surface area contributed by atoms with Crippen LogP contribution in [-0.2, 0) is 4.79 Å². The van der Waals surface area contributed by atoms with Gasteiger partial charge >= 0.3 is 0 Å². The summed E-state index contributed by atoms with van der Waals surface area (Å²) in [6, 6.07) is 13.2. The first kappa shape index (κ1) is 20.0. The van der Waals surface area contributed by atoms with Gasteiger partial charge in [0.25, 0.3) is 5.91 Å². The topological polar surface area (TPSA) is 75.5 Å². The van der Waals surface area contributed by atoms with Crippen molar-refractivity contribution in [3.05, 3.63) is 71.3 Å². The van der Waals surface area contributed by atoms with E-state index in [2.05, 4.69) is 11.9 Å². The van der Waals surface area contributed by atoms with Crippen molar-refractivity contribution in [2.75, 3.05) is 19.5 Å². The first-order valence-electron chi connectivity index (χ1n) is 9.57. The van der Waals surface area contributed by atoms with Crippen molar-refractivity contribution in [3.63, 3.8) is 0 Å². The summed E-state index contributed by atoms with van der Waals surface area (Å²) in [4.78, 5) is 17.9. The van der Waals surface area contributed by atoms with Gasteiger partial charge in [-0.05, 0) is 25.1 Å². The number of nitrogens with one attached hydrogen (secondary N) is 1. The summed E-state index contributed by atoms with van der Waals surface area (Å²) in [6.07, 6.45) is 1.26. The second-order valence-electron chi connectivity index (χ2n) is 6.52. The monoisotopic (exact) mass is 422 g/mol. The van der Waals surface area contributed by atoms with Crippen molar-refractivity contribution < 1.29 is 14.3 Å². The van der Waals surface area contributed by atoms with Gasteiger partial charge < -0.3 is 9.47 Å². The molecule has 1 atom stereocenters. The molecule has 0 saturated heterocycles. The molecule has 8 heteroatoms. The third kappa shape index (κ3) is 3.66. The largest absolute Gasteiger partial charge is 0.493 e. The molecule has 0 radical (unpaired) electrons. The molecule has 2 aromatic carbocycles. The predicted molar refractivity (Wildman–Crippen MR) is 118 cm³/mol. The fraction of sp³-hybridized carbons (Fsp3) is 0.227. The molecule has 0 spiro atoms. The third-order valence-corrected chi connectivity index (χ3v) is 5.50. The number of fused-ring (bicyclic) bond motifs is 2. The molecule has 7 nitrogen and oxygen atoms in total. The van der Waals surface area contributed by atoms with Gasteiger partial charge in [0.15, 0.2) is 22.8 Å². The lowest BCUT2D eigenvalue weighted by molar-refractivity contribution is -0.116. The Kier molecular flexibility index (Phi) is 5.76. The maximum Gasteiger partial charge on any atom is 0.276 e. The summed E-state index contributed by atoms with van der Waals surface area (Å²) < 4.78 is 11.1. The second-order valence-corrected chi connectivity index (χ2v) is 7.52. The third-order valence-electron chi connectivity index (χ3n) is 4.64. The maximum atomic E-state index is 13.0. The normalized spacial score (nSPS) is 17.2. The minimum absolute atomic E-state index is 0.207. The zero-order valence-corrected chi connectivity index (χ0v) is 17.6. The van der Waals surface area contributed by atoms with Crippen LogP contribution in [0.5, 0.6) is 11.5 Å². The first-order valence-corrected chi connectivity index (χ1v) is 10.6. The number of nitrogens with zero attached hydrogens (tertiary/aromatic N) is 3. The van der Waals surface area contributed by atoms with Crippen molar-refractivity contribution >= 4 is 28.5 Å². The smallest absolute Gasteiger partial charge is 0.276 e. The van der Waals surface area contributed by atoms with Gasteiger partial charge in [-0.2, -0.15) is 0 Å². The highest BCUT2D eigenvalue weighted by Crippen LogP contribution is 2.35. The van der Waals surface area contributed by atoms with Gasteiger partial charge in [-0.25, -0.2) is 5.01 Å². The number of carbonyl (C=O) groups excluding carboxylic acids is 1. The van der Waals surface area contributed by atoms with Gasteiger partial charge in [0.1, 0.15) is 5.70 Å². The highest BCUT2D eigenvalue weighted by atomic mass is 32.2. The molecule has 30 heavy (non-hydrogen) atoms. The SMILES string of the molecule is C=CCSC1=NN2C(=c3ccccc3=N[C@@H]2c2ccc(OCC)c(OC)c2)C(=O)N1. The van der Waals surface area contributed by atoms with Crippen LogP contribution in [0.25, 0.3) is 5.70 Å². The number of carbonyl (C=O) groups is 1. The summed E-state index contributed by atoms with van der Waals surface area (Å²) in [7, 11) is 1.60. The van der Waals surface area contributed by atoms with Gasteiger partial charge in [-0.15, -0.1) is 11.7 Å². The Labute approximate surface area is 178 Å². The average molecular weight is 423 g/mol. The molecule has 0 unspecified atom stereocenters. The maximum absolute atomic E-state index is 13.0. The fourth-order valence-electron chi connectivity index (χ4n) is 3.37. The van der Waals surface area contributed by atoms with E-state index >= 15 is 0 Å². The molecule has 154 valence electrons. The van der Waals surface area contributed by atoms with Crippen molar-refractivity contribution in [1.82, 2.24) is 10.3 Å². The molecule has 2 heterocycles. The van der Waals surface area contributed by atoms with E-state index in [9.17, 15) is 4.79 Å². The van der Waals surface area contributed by atoms with Crippen molar-refractivity contribution in [1.29, 1.82) is 0 Å². The number of hydrogen-bond acceptors (Lipinski definition) is 7. The number of amides is 1. The van der Waals surface area contributed by atoms with Gasteiger partial charge in [-0.1, -0.05) is 42.1 Å². The Morgan fingerprint density at radius 3 is 2.87 bits per heavy atom. The van der Waals surface area contributed by atoms with E-state index in [-0.39, 0.29) is 5.91 Å². The molecule has 2 aliphatic heterocycles. The first-order chi connectivity index (χ1) is 14.7. The van der Waals surface area contributed by atoms with Gasteiger partial charge in [0.2, 0.25) is 0 Å². The van der Waals surface area contributed by atoms with E-state index in [1.807, 2.05) is 49.4 Å². The van der Waals surface area contributed by atoms with Crippen LogP contribution in [0.2, 0.25) is 0 Å². The number of hydrogen-bond donors (Lipinski definition) is 1. The molecular formula is C22H22N4O3S. The number of methoxy groups -OCH3 is 1. The highest BCUT2D eigenvalue weighted by molar-refractivity contribution is 8.14. The molecule has 1 amide bonds. The van der Waals surface area contributed by atoms with Crippen LogP contribution in [0, 0.1) is 0 Å². The summed E-state index contributed by atoms with van der Waals surface area (Å²) in [5.41, 5.74) is 1.32. The number of benzene rings is 2. The molecule has 0 fully saturated rings. The summed E-state index contributed by atoms with van der Waals surface area (Å²) in [5, 5.41) is 11.3. The van der Waals surface area contributed by atoms with E-state index in [0.717, 1.165) is 16.1 Å². The Morgan fingerprint density at radius 2 is 2.10 bits per heavy atom. The van der Waals surface area contributed by atoms with Crippen LogP contribution < -0.4 is 25.4 Å². The van der Waals surface area contributed by atoms with Crippen LogP contribution in [0.3, 0.4) is 0 Å². The number of thioether (sulfide) groups is 1. The molecule has 2 aliphatic rings. The van der Waals surface area contributed by atoms with E-state index in [1.165, 1.54) is 11.8 Å². The Balaban J connectivity index is 1.86. The summed E-state index contributed by atoms with van der Waals surface area (Å²) >= 11 is 1.41. The average Bonchev–Trinajstić information content (AvgIpc) is 2.77. The molecule has 1 N–H and O–H groups in total. The van der Waals surface area contributed by atoms with Gasteiger partial charge in [0, 0.05) is 16.5 Å².